The minimum absolute atomic E-state index is 0.00418. The number of aromatic nitrogens is 2. The average Bonchev–Trinajstić information content (AvgIpc) is 3.00. The van der Waals surface area contributed by atoms with Crippen molar-refractivity contribution in [3.63, 3.8) is 0 Å². The predicted molar refractivity (Wildman–Crippen MR) is 112 cm³/mol. The van der Waals surface area contributed by atoms with E-state index in [1.165, 1.54) is 18.2 Å². The van der Waals surface area contributed by atoms with E-state index < -0.39 is 4.92 Å². The molecule has 8 nitrogen and oxygen atoms in total. The largest absolute Gasteiger partial charge is 0.508 e. The molecular weight excluding hydrogens is 386 g/mol. The van der Waals surface area contributed by atoms with Crippen molar-refractivity contribution in [3.8, 4) is 11.5 Å². The highest BCUT2D eigenvalue weighted by atomic mass is 16.6. The first-order chi connectivity index (χ1) is 14.3. The lowest BCUT2D eigenvalue weighted by atomic mass is 10.1. The second-order valence-electron chi connectivity index (χ2n) is 6.75. The highest BCUT2D eigenvalue weighted by Crippen LogP contribution is 2.26. The Labute approximate surface area is 173 Å². The van der Waals surface area contributed by atoms with Crippen molar-refractivity contribution >= 4 is 17.5 Å². The second kappa shape index (κ2) is 8.60. The number of methoxy groups -OCH3 is 1. The summed E-state index contributed by atoms with van der Waals surface area (Å²) in [5.74, 6) is 0.522. The Balaban J connectivity index is 1.87. The molecule has 3 aromatic rings. The Hall–Kier alpha value is -3.94. The summed E-state index contributed by atoms with van der Waals surface area (Å²) in [4.78, 5) is 23.1. The maximum absolute atomic E-state index is 12.3. The lowest BCUT2D eigenvalue weighted by Gasteiger charge is -2.10. The van der Waals surface area contributed by atoms with E-state index in [0.717, 1.165) is 11.1 Å². The van der Waals surface area contributed by atoms with Gasteiger partial charge in [0, 0.05) is 11.1 Å². The smallest absolute Gasteiger partial charge is 0.312 e. The zero-order chi connectivity index (χ0) is 21.8. The van der Waals surface area contributed by atoms with Crippen molar-refractivity contribution in [1.29, 1.82) is 0 Å². The number of aromatic hydroxyl groups is 1. The van der Waals surface area contributed by atoms with Gasteiger partial charge in [0.2, 0.25) is 0 Å². The van der Waals surface area contributed by atoms with Crippen LogP contribution < -0.4 is 4.74 Å². The molecule has 0 aliphatic heterocycles. The van der Waals surface area contributed by atoms with Gasteiger partial charge in [-0.3, -0.25) is 19.6 Å². The number of phenolic OH excluding ortho intramolecular Hbond substituents is 1. The fraction of sp³-hybridized carbons (Fsp3) is 0.182. The van der Waals surface area contributed by atoms with E-state index >= 15 is 0 Å². The molecule has 0 spiro atoms. The molecule has 0 saturated carbocycles. The number of carbonyl (C=O) groups excluding carboxylic acids is 1. The zero-order valence-corrected chi connectivity index (χ0v) is 16.8. The van der Waals surface area contributed by atoms with E-state index in [-0.39, 0.29) is 23.8 Å². The van der Waals surface area contributed by atoms with Crippen molar-refractivity contribution in [2.24, 2.45) is 0 Å². The summed E-state index contributed by atoms with van der Waals surface area (Å²) >= 11 is 0. The molecule has 1 aromatic heterocycles. The average molecular weight is 407 g/mol. The summed E-state index contributed by atoms with van der Waals surface area (Å²) in [7, 11) is 1.55. The van der Waals surface area contributed by atoms with Gasteiger partial charge < -0.3 is 9.84 Å². The summed E-state index contributed by atoms with van der Waals surface area (Å²) < 4.78 is 6.98. The number of rotatable bonds is 7. The fourth-order valence-electron chi connectivity index (χ4n) is 3.19. The minimum atomic E-state index is -0.431. The lowest BCUT2D eigenvalue weighted by molar-refractivity contribution is -0.386. The van der Waals surface area contributed by atoms with Gasteiger partial charge in [0.1, 0.15) is 22.9 Å². The second-order valence-corrected chi connectivity index (χ2v) is 6.75. The first-order valence-electron chi connectivity index (χ1n) is 9.17. The van der Waals surface area contributed by atoms with Crippen LogP contribution in [0.15, 0.2) is 48.5 Å². The van der Waals surface area contributed by atoms with Crippen molar-refractivity contribution in [2.45, 2.75) is 20.4 Å². The number of allylic oxidation sites excluding steroid dienone is 1. The number of benzene rings is 2. The van der Waals surface area contributed by atoms with E-state index in [2.05, 4.69) is 5.10 Å². The summed E-state index contributed by atoms with van der Waals surface area (Å²) in [6.45, 7) is 3.55. The maximum Gasteiger partial charge on any atom is 0.312 e. The van der Waals surface area contributed by atoms with Crippen LogP contribution in [0.1, 0.15) is 32.9 Å². The molecule has 0 radical (unpaired) electrons. The van der Waals surface area contributed by atoms with E-state index in [9.17, 15) is 20.0 Å². The number of hydrogen-bond donors (Lipinski definition) is 1. The Morgan fingerprint density at radius 1 is 1.23 bits per heavy atom. The quantitative estimate of drug-likeness (QED) is 0.274. The number of ether oxygens (including phenoxy) is 1. The van der Waals surface area contributed by atoms with Crippen molar-refractivity contribution in [2.75, 3.05) is 7.11 Å². The third kappa shape index (κ3) is 4.38. The number of hydrogen-bond acceptors (Lipinski definition) is 6. The molecule has 0 unspecified atom stereocenters. The van der Waals surface area contributed by atoms with Crippen LogP contribution >= 0.6 is 0 Å². The first-order valence-corrected chi connectivity index (χ1v) is 9.17. The summed E-state index contributed by atoms with van der Waals surface area (Å²) in [6.07, 6.45) is 3.13. The molecule has 8 heteroatoms. The van der Waals surface area contributed by atoms with E-state index in [1.807, 2.05) is 12.1 Å². The Bertz CT molecular complexity index is 1130. The molecule has 1 N–H and O–H groups in total. The van der Waals surface area contributed by atoms with Crippen molar-refractivity contribution < 1.29 is 19.6 Å². The van der Waals surface area contributed by atoms with Gasteiger partial charge in [0.25, 0.3) is 0 Å². The first kappa shape index (κ1) is 20.8. The van der Waals surface area contributed by atoms with Crippen LogP contribution in [0.25, 0.3) is 6.08 Å². The van der Waals surface area contributed by atoms with Gasteiger partial charge in [0.15, 0.2) is 5.78 Å². The Morgan fingerprint density at radius 3 is 2.53 bits per heavy atom. The van der Waals surface area contributed by atoms with E-state index in [4.69, 9.17) is 4.74 Å². The molecule has 0 fully saturated rings. The van der Waals surface area contributed by atoms with Gasteiger partial charge >= 0.3 is 5.69 Å². The highest BCUT2D eigenvalue weighted by Gasteiger charge is 2.22. The normalized spacial score (nSPS) is 11.0. The molecule has 0 saturated heterocycles. The van der Waals surface area contributed by atoms with Gasteiger partial charge in [-0.1, -0.05) is 12.1 Å². The summed E-state index contributed by atoms with van der Waals surface area (Å²) in [5, 5.41) is 24.9. The van der Waals surface area contributed by atoms with Crippen LogP contribution in [0.5, 0.6) is 11.5 Å². The standard InChI is InChI=1S/C22H21N3O5/c1-14-22(25(28)29)15(2)24(23-14)13-18-12-16(5-11-21(18)30-3)4-10-20(27)17-6-8-19(26)9-7-17/h4-12,26H,13H2,1-3H3/b10-4+. The van der Waals surface area contributed by atoms with Crippen LogP contribution in [0, 0.1) is 24.0 Å². The number of phenols is 1. The topological polar surface area (TPSA) is 107 Å². The van der Waals surface area contributed by atoms with Crippen molar-refractivity contribution in [3.05, 3.63) is 86.7 Å². The number of nitro groups is 1. The monoisotopic (exact) mass is 407 g/mol. The fourth-order valence-corrected chi connectivity index (χ4v) is 3.19. The minimum Gasteiger partial charge on any atom is -0.508 e. The molecule has 0 atom stereocenters. The molecule has 2 aromatic carbocycles. The van der Waals surface area contributed by atoms with Crippen molar-refractivity contribution in [1.82, 2.24) is 9.78 Å². The van der Waals surface area contributed by atoms with Crippen LogP contribution in [0.3, 0.4) is 0 Å². The zero-order valence-electron chi connectivity index (χ0n) is 16.8. The third-order valence-corrected chi connectivity index (χ3v) is 4.73. The molecule has 0 amide bonds. The Morgan fingerprint density at radius 2 is 1.93 bits per heavy atom. The van der Waals surface area contributed by atoms with Crippen LogP contribution in [-0.4, -0.2) is 32.7 Å². The number of aryl methyl sites for hydroxylation is 1. The van der Waals surface area contributed by atoms with Crippen LogP contribution in [0.2, 0.25) is 0 Å². The molecule has 0 aliphatic rings. The molecule has 30 heavy (non-hydrogen) atoms. The highest BCUT2D eigenvalue weighted by molar-refractivity contribution is 6.06. The summed E-state index contributed by atoms with van der Waals surface area (Å²) in [6, 6.07) is 11.5. The van der Waals surface area contributed by atoms with E-state index in [0.29, 0.717) is 22.7 Å². The molecular formula is C22H21N3O5. The molecule has 3 rings (SSSR count). The number of nitrogens with zero attached hydrogens (tertiary/aromatic N) is 3. The number of carbonyl (C=O) groups is 1. The van der Waals surface area contributed by atoms with Gasteiger partial charge in [-0.05, 0) is 61.9 Å². The molecule has 0 aliphatic carbocycles. The van der Waals surface area contributed by atoms with Gasteiger partial charge in [0.05, 0.1) is 18.6 Å². The Kier molecular flexibility index (Phi) is 5.96. The lowest BCUT2D eigenvalue weighted by Crippen LogP contribution is -2.06. The van der Waals surface area contributed by atoms with Gasteiger partial charge in [-0.25, -0.2) is 0 Å². The SMILES string of the molecule is COc1ccc(/C=C/C(=O)c2ccc(O)cc2)cc1Cn1nc(C)c([N+](=O)[O-])c1C. The van der Waals surface area contributed by atoms with Gasteiger partial charge in [-0.2, -0.15) is 5.10 Å². The van der Waals surface area contributed by atoms with Crippen LogP contribution in [-0.2, 0) is 6.54 Å². The molecule has 0 bridgehead atoms. The van der Waals surface area contributed by atoms with Gasteiger partial charge in [-0.15, -0.1) is 0 Å². The molecule has 1 heterocycles. The maximum atomic E-state index is 12.3. The summed E-state index contributed by atoms with van der Waals surface area (Å²) in [5.41, 5.74) is 2.83. The number of ketones is 1. The third-order valence-electron chi connectivity index (χ3n) is 4.73. The van der Waals surface area contributed by atoms with E-state index in [1.54, 1.807) is 49.9 Å². The predicted octanol–water partition coefficient (Wildman–Crippen LogP) is 4.07. The van der Waals surface area contributed by atoms with Crippen LogP contribution in [0.4, 0.5) is 5.69 Å². The molecule has 154 valence electrons.